The highest BCUT2D eigenvalue weighted by Crippen LogP contribution is 2.27. The van der Waals surface area contributed by atoms with E-state index < -0.39 is 6.10 Å². The minimum Gasteiger partial charge on any atom is -0.497 e. The number of benzene rings is 1. The van der Waals surface area contributed by atoms with Crippen molar-refractivity contribution in [3.63, 3.8) is 0 Å². The van der Waals surface area contributed by atoms with Gasteiger partial charge in [0.2, 0.25) is 0 Å². The van der Waals surface area contributed by atoms with Gasteiger partial charge in [-0.3, -0.25) is 0 Å². The molecule has 0 spiro atoms. The summed E-state index contributed by atoms with van der Waals surface area (Å²) in [5.41, 5.74) is 2.48. The van der Waals surface area contributed by atoms with Crippen LogP contribution in [-0.2, 0) is 0 Å². The van der Waals surface area contributed by atoms with Crippen LogP contribution >= 0.6 is 0 Å². The Balaban J connectivity index is 2.05. The molecule has 3 rings (SSSR count). The molecule has 0 radical (unpaired) electrons. The Labute approximate surface area is 110 Å². The summed E-state index contributed by atoms with van der Waals surface area (Å²) in [4.78, 5) is 0. The molecule has 0 saturated carbocycles. The molecule has 96 valence electrons. The molecule has 0 aliphatic heterocycles. The zero-order valence-corrected chi connectivity index (χ0v) is 10.5. The minimum absolute atomic E-state index is 0.713. The number of ether oxygens (including phenoxy) is 1. The smallest absolute Gasteiger partial charge is 0.119 e. The molecule has 19 heavy (non-hydrogen) atoms. The van der Waals surface area contributed by atoms with Crippen molar-refractivity contribution in [2.75, 3.05) is 7.11 Å². The number of rotatable bonds is 3. The van der Waals surface area contributed by atoms with Gasteiger partial charge in [-0.1, -0.05) is 18.2 Å². The van der Waals surface area contributed by atoms with E-state index in [1.54, 1.807) is 17.8 Å². The van der Waals surface area contributed by atoms with E-state index >= 15 is 0 Å². The van der Waals surface area contributed by atoms with Crippen molar-refractivity contribution in [3.05, 3.63) is 66.0 Å². The van der Waals surface area contributed by atoms with Crippen molar-refractivity contribution >= 4 is 5.52 Å². The lowest BCUT2D eigenvalue weighted by molar-refractivity contribution is 0.221. The Morgan fingerprint density at radius 1 is 1.21 bits per heavy atom. The van der Waals surface area contributed by atoms with E-state index in [4.69, 9.17) is 4.74 Å². The van der Waals surface area contributed by atoms with Crippen molar-refractivity contribution in [1.29, 1.82) is 0 Å². The molecule has 0 aliphatic rings. The van der Waals surface area contributed by atoms with Crippen LogP contribution in [-0.4, -0.2) is 21.8 Å². The van der Waals surface area contributed by atoms with Gasteiger partial charge in [0.15, 0.2) is 0 Å². The van der Waals surface area contributed by atoms with Gasteiger partial charge in [-0.05, 0) is 29.8 Å². The average molecular weight is 254 g/mol. The van der Waals surface area contributed by atoms with Gasteiger partial charge < -0.3 is 9.84 Å². The molecule has 1 atom stereocenters. The average Bonchev–Trinajstić information content (AvgIpc) is 2.90. The quantitative estimate of drug-likeness (QED) is 0.780. The van der Waals surface area contributed by atoms with Crippen LogP contribution in [0.15, 0.2) is 54.9 Å². The molecule has 2 heterocycles. The van der Waals surface area contributed by atoms with E-state index in [1.165, 1.54) is 0 Å². The highest BCUT2D eigenvalue weighted by atomic mass is 16.5. The second-order valence-corrected chi connectivity index (χ2v) is 4.31. The lowest BCUT2D eigenvalue weighted by atomic mass is 10.0. The van der Waals surface area contributed by atoms with Crippen molar-refractivity contribution < 1.29 is 9.84 Å². The number of fused-ring (bicyclic) bond motifs is 1. The second-order valence-electron chi connectivity index (χ2n) is 4.31. The predicted octanol–water partition coefficient (Wildman–Crippen LogP) is 2.42. The fourth-order valence-corrected chi connectivity index (χ4v) is 2.16. The summed E-state index contributed by atoms with van der Waals surface area (Å²) in [7, 11) is 1.61. The van der Waals surface area contributed by atoms with Gasteiger partial charge >= 0.3 is 0 Å². The summed E-state index contributed by atoms with van der Waals surface area (Å²) in [6, 6.07) is 13.2. The van der Waals surface area contributed by atoms with Gasteiger partial charge in [-0.25, -0.2) is 4.52 Å². The molecule has 3 aromatic rings. The first-order valence-electron chi connectivity index (χ1n) is 6.04. The molecule has 1 unspecified atom stereocenters. The van der Waals surface area contributed by atoms with Crippen molar-refractivity contribution in [2.45, 2.75) is 6.10 Å². The summed E-state index contributed by atoms with van der Waals surface area (Å²) < 4.78 is 6.93. The highest BCUT2D eigenvalue weighted by Gasteiger charge is 2.15. The second kappa shape index (κ2) is 4.74. The third kappa shape index (κ3) is 2.06. The molecular formula is C15H14N2O2. The van der Waals surface area contributed by atoms with Crippen LogP contribution < -0.4 is 4.74 Å². The van der Waals surface area contributed by atoms with Gasteiger partial charge in [0.1, 0.15) is 11.9 Å². The Hall–Kier alpha value is -2.33. The minimum atomic E-state index is -0.713. The molecule has 2 aromatic heterocycles. The lowest BCUT2D eigenvalue weighted by Crippen LogP contribution is -1.99. The van der Waals surface area contributed by atoms with E-state index in [9.17, 15) is 5.11 Å². The van der Waals surface area contributed by atoms with E-state index in [0.717, 1.165) is 22.4 Å². The normalized spacial score (nSPS) is 12.5. The van der Waals surface area contributed by atoms with Crippen LogP contribution in [0.3, 0.4) is 0 Å². The molecule has 0 aliphatic carbocycles. The van der Waals surface area contributed by atoms with Crippen molar-refractivity contribution in [1.82, 2.24) is 9.61 Å². The van der Waals surface area contributed by atoms with Crippen LogP contribution in [0, 0.1) is 0 Å². The first kappa shape index (κ1) is 11.7. The number of aromatic nitrogens is 2. The summed E-state index contributed by atoms with van der Waals surface area (Å²) in [5.74, 6) is 0.730. The van der Waals surface area contributed by atoms with Crippen LogP contribution in [0.2, 0.25) is 0 Å². The molecule has 1 N–H and O–H groups in total. The number of aliphatic hydroxyl groups is 1. The molecule has 0 amide bonds. The van der Waals surface area contributed by atoms with E-state index in [0.29, 0.717) is 0 Å². The summed E-state index contributed by atoms with van der Waals surface area (Å²) in [6.45, 7) is 0. The van der Waals surface area contributed by atoms with Gasteiger partial charge in [0, 0.05) is 11.8 Å². The van der Waals surface area contributed by atoms with Gasteiger partial charge in [0.05, 0.1) is 18.8 Å². The van der Waals surface area contributed by atoms with Crippen LogP contribution in [0.5, 0.6) is 5.75 Å². The summed E-state index contributed by atoms with van der Waals surface area (Å²) in [6.07, 6.45) is 2.84. The number of hydrogen-bond acceptors (Lipinski definition) is 3. The maximum atomic E-state index is 10.5. The zero-order valence-electron chi connectivity index (χ0n) is 10.5. The lowest BCUT2D eigenvalue weighted by Gasteiger charge is -2.11. The first-order valence-corrected chi connectivity index (χ1v) is 6.04. The maximum absolute atomic E-state index is 10.5. The van der Waals surface area contributed by atoms with Gasteiger partial charge in [-0.15, -0.1) is 0 Å². The Bertz CT molecular complexity index is 706. The number of methoxy groups -OCH3 is 1. The van der Waals surface area contributed by atoms with E-state index in [-0.39, 0.29) is 0 Å². The molecule has 0 bridgehead atoms. The predicted molar refractivity (Wildman–Crippen MR) is 72.2 cm³/mol. The first-order chi connectivity index (χ1) is 9.29. The topological polar surface area (TPSA) is 46.8 Å². The zero-order chi connectivity index (χ0) is 13.2. The molecule has 0 fully saturated rings. The number of pyridine rings is 1. The fraction of sp³-hybridized carbons (Fsp3) is 0.133. The number of hydrogen-bond donors (Lipinski definition) is 1. The fourth-order valence-electron chi connectivity index (χ4n) is 2.16. The Morgan fingerprint density at radius 2 is 2.11 bits per heavy atom. The third-order valence-corrected chi connectivity index (χ3v) is 3.16. The van der Waals surface area contributed by atoms with E-state index in [2.05, 4.69) is 5.10 Å². The largest absolute Gasteiger partial charge is 0.497 e. The molecule has 4 heteroatoms. The SMILES string of the molecule is COc1cccc(C(O)c2cnn3ccccc23)c1. The van der Waals surface area contributed by atoms with Crippen LogP contribution in [0.4, 0.5) is 0 Å². The maximum Gasteiger partial charge on any atom is 0.119 e. The highest BCUT2D eigenvalue weighted by molar-refractivity contribution is 5.56. The molecule has 0 saturated heterocycles. The van der Waals surface area contributed by atoms with Crippen LogP contribution in [0.1, 0.15) is 17.2 Å². The third-order valence-electron chi connectivity index (χ3n) is 3.16. The van der Waals surface area contributed by atoms with Crippen molar-refractivity contribution in [2.24, 2.45) is 0 Å². The summed E-state index contributed by atoms with van der Waals surface area (Å²) >= 11 is 0. The standard InChI is InChI=1S/C15H14N2O2/c1-19-12-6-4-5-11(9-12)15(18)13-10-16-17-8-3-2-7-14(13)17/h2-10,15,18H,1H3. The molecule has 4 nitrogen and oxygen atoms in total. The molecule has 1 aromatic carbocycles. The van der Waals surface area contributed by atoms with Gasteiger partial charge in [-0.2, -0.15) is 5.10 Å². The van der Waals surface area contributed by atoms with Crippen molar-refractivity contribution in [3.8, 4) is 5.75 Å². The van der Waals surface area contributed by atoms with Gasteiger partial charge in [0.25, 0.3) is 0 Å². The Kier molecular flexibility index (Phi) is 2.93. The van der Waals surface area contributed by atoms with Crippen LogP contribution in [0.25, 0.3) is 5.52 Å². The summed E-state index contributed by atoms with van der Waals surface area (Å²) in [5, 5.41) is 14.7. The Morgan fingerprint density at radius 3 is 2.95 bits per heavy atom. The number of nitrogens with zero attached hydrogens (tertiary/aromatic N) is 2. The monoisotopic (exact) mass is 254 g/mol. The van der Waals surface area contributed by atoms with E-state index in [1.807, 2.05) is 48.7 Å². The number of aliphatic hydroxyl groups excluding tert-OH is 1. The molecular weight excluding hydrogens is 240 g/mol.